The van der Waals surface area contributed by atoms with Gasteiger partial charge in [0.1, 0.15) is 0 Å². The summed E-state index contributed by atoms with van der Waals surface area (Å²) >= 11 is 0. The Morgan fingerprint density at radius 1 is 1.24 bits per heavy atom. The van der Waals surface area contributed by atoms with Crippen LogP contribution in [0.3, 0.4) is 0 Å². The topological polar surface area (TPSA) is 15.3 Å². The van der Waals surface area contributed by atoms with Gasteiger partial charge >= 0.3 is 0 Å². The molecular formula is C15H26N2. The molecule has 0 fully saturated rings. The van der Waals surface area contributed by atoms with Crippen LogP contribution in [0.15, 0.2) is 24.3 Å². The zero-order chi connectivity index (χ0) is 12.8. The van der Waals surface area contributed by atoms with Crippen molar-refractivity contribution < 1.29 is 0 Å². The maximum absolute atomic E-state index is 3.48. The fourth-order valence-electron chi connectivity index (χ4n) is 1.82. The lowest BCUT2D eigenvalue weighted by Gasteiger charge is -2.26. The molecule has 1 aromatic carbocycles. The van der Waals surface area contributed by atoms with Crippen molar-refractivity contribution in [3.63, 3.8) is 0 Å². The van der Waals surface area contributed by atoms with E-state index in [4.69, 9.17) is 0 Å². The van der Waals surface area contributed by atoms with Crippen LogP contribution in [0.2, 0.25) is 0 Å². The average Bonchev–Trinajstić information content (AvgIpc) is 2.25. The van der Waals surface area contributed by atoms with Crippen molar-refractivity contribution in [3.05, 3.63) is 35.4 Å². The van der Waals surface area contributed by atoms with Gasteiger partial charge in [-0.15, -0.1) is 0 Å². The van der Waals surface area contributed by atoms with Crippen LogP contribution in [0.5, 0.6) is 0 Å². The van der Waals surface area contributed by atoms with E-state index >= 15 is 0 Å². The highest BCUT2D eigenvalue weighted by atomic mass is 15.1. The minimum Gasteiger partial charge on any atom is -0.313 e. The summed E-state index contributed by atoms with van der Waals surface area (Å²) in [5, 5.41) is 3.48. The highest BCUT2D eigenvalue weighted by molar-refractivity contribution is 5.22. The third-order valence-electron chi connectivity index (χ3n) is 3.09. The van der Waals surface area contributed by atoms with E-state index in [0.717, 1.165) is 13.1 Å². The second-order valence-corrected chi connectivity index (χ2v) is 5.32. The van der Waals surface area contributed by atoms with Gasteiger partial charge < -0.3 is 5.32 Å². The van der Waals surface area contributed by atoms with Gasteiger partial charge in [-0.05, 0) is 26.5 Å². The number of hydrogen-bond donors (Lipinski definition) is 1. The number of aryl methyl sites for hydroxylation is 1. The largest absolute Gasteiger partial charge is 0.313 e. The van der Waals surface area contributed by atoms with E-state index in [1.807, 2.05) is 0 Å². The van der Waals surface area contributed by atoms with Gasteiger partial charge in [0.2, 0.25) is 0 Å². The molecule has 0 aliphatic heterocycles. The van der Waals surface area contributed by atoms with E-state index in [1.54, 1.807) is 0 Å². The molecule has 1 aromatic rings. The summed E-state index contributed by atoms with van der Waals surface area (Å²) in [5.74, 6) is 0. The molecule has 0 amide bonds. The van der Waals surface area contributed by atoms with Gasteiger partial charge in [0.15, 0.2) is 0 Å². The summed E-state index contributed by atoms with van der Waals surface area (Å²) in [6.45, 7) is 10.8. The minimum atomic E-state index is 0.554. The molecule has 0 heterocycles. The molecule has 0 radical (unpaired) electrons. The van der Waals surface area contributed by atoms with Gasteiger partial charge in [-0.3, -0.25) is 4.90 Å². The minimum absolute atomic E-state index is 0.554. The molecule has 17 heavy (non-hydrogen) atoms. The quantitative estimate of drug-likeness (QED) is 0.814. The Labute approximate surface area is 106 Å². The van der Waals surface area contributed by atoms with Crippen LogP contribution in [-0.4, -0.2) is 30.6 Å². The molecule has 96 valence electrons. The number of likely N-dealkylation sites (N-methyl/N-ethyl adjacent to an activating group) is 1. The predicted molar refractivity (Wildman–Crippen MR) is 75.2 cm³/mol. The van der Waals surface area contributed by atoms with E-state index in [1.165, 1.54) is 11.1 Å². The molecular weight excluding hydrogens is 208 g/mol. The molecule has 0 aliphatic rings. The number of hydrogen-bond acceptors (Lipinski definition) is 2. The Morgan fingerprint density at radius 2 is 1.94 bits per heavy atom. The number of rotatable bonds is 6. The Bertz CT molecular complexity index is 333. The maximum Gasteiger partial charge on any atom is 0.0234 e. The first-order chi connectivity index (χ1) is 7.99. The van der Waals surface area contributed by atoms with Crippen LogP contribution in [0.1, 0.15) is 31.9 Å². The third-order valence-corrected chi connectivity index (χ3v) is 3.09. The van der Waals surface area contributed by atoms with Crippen LogP contribution in [0.4, 0.5) is 0 Å². The zero-order valence-corrected chi connectivity index (χ0v) is 11.8. The summed E-state index contributed by atoms with van der Waals surface area (Å²) in [6.07, 6.45) is 0. The first-order valence-corrected chi connectivity index (χ1v) is 6.48. The summed E-state index contributed by atoms with van der Waals surface area (Å²) in [4.78, 5) is 2.39. The number of nitrogens with zero attached hydrogens (tertiary/aromatic N) is 1. The van der Waals surface area contributed by atoms with Gasteiger partial charge in [-0.25, -0.2) is 0 Å². The molecule has 1 unspecified atom stereocenters. The first kappa shape index (κ1) is 14.2. The van der Waals surface area contributed by atoms with Crippen molar-refractivity contribution in [1.82, 2.24) is 10.2 Å². The van der Waals surface area contributed by atoms with E-state index in [0.29, 0.717) is 12.1 Å². The average molecular weight is 234 g/mol. The molecule has 1 rings (SSSR count). The fourth-order valence-corrected chi connectivity index (χ4v) is 1.82. The van der Waals surface area contributed by atoms with Crippen LogP contribution < -0.4 is 5.32 Å². The van der Waals surface area contributed by atoms with E-state index in [2.05, 4.69) is 69.2 Å². The maximum atomic E-state index is 3.48. The molecule has 0 saturated carbocycles. The number of nitrogens with one attached hydrogen (secondary N) is 1. The highest BCUT2D eigenvalue weighted by Gasteiger charge is 2.09. The lowest BCUT2D eigenvalue weighted by molar-refractivity contribution is 0.239. The van der Waals surface area contributed by atoms with Gasteiger partial charge in [0, 0.05) is 25.2 Å². The molecule has 0 spiro atoms. The van der Waals surface area contributed by atoms with Crippen LogP contribution in [-0.2, 0) is 6.54 Å². The Kier molecular flexibility index (Phi) is 5.66. The van der Waals surface area contributed by atoms with Crippen molar-refractivity contribution in [1.29, 1.82) is 0 Å². The van der Waals surface area contributed by atoms with E-state index < -0.39 is 0 Å². The number of benzene rings is 1. The molecule has 0 saturated heterocycles. The van der Waals surface area contributed by atoms with Crippen molar-refractivity contribution in [2.24, 2.45) is 0 Å². The Balaban J connectivity index is 2.45. The molecule has 2 heteroatoms. The van der Waals surface area contributed by atoms with Crippen LogP contribution in [0.25, 0.3) is 0 Å². The second-order valence-electron chi connectivity index (χ2n) is 5.32. The molecule has 1 atom stereocenters. The standard InChI is InChI=1S/C15H26N2/c1-12(2)16-10-14(4)17(5)11-15-8-6-7-13(3)9-15/h6-9,12,14,16H,10-11H2,1-5H3. The van der Waals surface area contributed by atoms with Gasteiger partial charge in [0.05, 0.1) is 0 Å². The predicted octanol–water partition coefficient (Wildman–Crippen LogP) is 2.81. The highest BCUT2D eigenvalue weighted by Crippen LogP contribution is 2.08. The monoisotopic (exact) mass is 234 g/mol. The van der Waals surface area contributed by atoms with Gasteiger partial charge in [0.25, 0.3) is 0 Å². The zero-order valence-electron chi connectivity index (χ0n) is 11.8. The van der Waals surface area contributed by atoms with E-state index in [-0.39, 0.29) is 0 Å². The molecule has 0 bridgehead atoms. The van der Waals surface area contributed by atoms with Crippen LogP contribution in [0, 0.1) is 6.92 Å². The summed E-state index contributed by atoms with van der Waals surface area (Å²) < 4.78 is 0. The Morgan fingerprint density at radius 3 is 2.53 bits per heavy atom. The smallest absolute Gasteiger partial charge is 0.0234 e. The molecule has 0 aliphatic carbocycles. The SMILES string of the molecule is Cc1cccc(CN(C)C(C)CNC(C)C)c1. The summed E-state index contributed by atoms with van der Waals surface area (Å²) in [5.41, 5.74) is 2.73. The van der Waals surface area contributed by atoms with Crippen molar-refractivity contribution >= 4 is 0 Å². The summed E-state index contributed by atoms with van der Waals surface area (Å²) in [6, 6.07) is 9.86. The molecule has 1 N–H and O–H groups in total. The second kappa shape index (κ2) is 6.77. The molecule has 2 nitrogen and oxygen atoms in total. The van der Waals surface area contributed by atoms with Crippen molar-refractivity contribution in [2.75, 3.05) is 13.6 Å². The van der Waals surface area contributed by atoms with Crippen molar-refractivity contribution in [2.45, 2.75) is 46.3 Å². The fraction of sp³-hybridized carbons (Fsp3) is 0.600. The van der Waals surface area contributed by atoms with Gasteiger partial charge in [-0.1, -0.05) is 43.7 Å². The Hall–Kier alpha value is -0.860. The third kappa shape index (κ3) is 5.33. The lowest BCUT2D eigenvalue weighted by Crippen LogP contribution is -2.39. The van der Waals surface area contributed by atoms with E-state index in [9.17, 15) is 0 Å². The molecule has 0 aromatic heterocycles. The lowest BCUT2D eigenvalue weighted by atomic mass is 10.1. The van der Waals surface area contributed by atoms with Crippen LogP contribution >= 0.6 is 0 Å². The van der Waals surface area contributed by atoms with Crippen molar-refractivity contribution in [3.8, 4) is 0 Å². The normalized spacial score (nSPS) is 13.4. The summed E-state index contributed by atoms with van der Waals surface area (Å²) in [7, 11) is 2.19. The van der Waals surface area contributed by atoms with Gasteiger partial charge in [-0.2, -0.15) is 0 Å². The first-order valence-electron chi connectivity index (χ1n) is 6.48.